The van der Waals surface area contributed by atoms with Crippen molar-refractivity contribution in [3.63, 3.8) is 0 Å². The number of likely N-dealkylation sites (N-methyl/N-ethyl adjacent to an activating group) is 1. The molecule has 0 bridgehead atoms. The zero-order valence-corrected chi connectivity index (χ0v) is 9.93. The number of Topliss-reactive ketones (excluding diaryl/α,β-unsaturated/α-hetero) is 1. The van der Waals surface area contributed by atoms with Crippen LogP contribution < -0.4 is 10.1 Å². The molecule has 0 radical (unpaired) electrons. The smallest absolute Gasteiger partial charge is 0.185 e. The third-order valence-electron chi connectivity index (χ3n) is 2.62. The van der Waals surface area contributed by atoms with Crippen LogP contribution in [0.25, 0.3) is 0 Å². The summed E-state index contributed by atoms with van der Waals surface area (Å²) in [7, 11) is 3.03. The maximum Gasteiger partial charge on any atom is 0.185 e. The minimum atomic E-state index is -0.798. The van der Waals surface area contributed by atoms with Crippen molar-refractivity contribution in [2.75, 3.05) is 14.2 Å². The molecule has 0 atom stereocenters. The largest absolute Gasteiger partial charge is 0.494 e. The Morgan fingerprint density at radius 3 is 2.56 bits per heavy atom. The molecule has 0 aliphatic heterocycles. The molecule has 0 heterocycles. The van der Waals surface area contributed by atoms with E-state index in [1.54, 1.807) is 27.0 Å². The second-order valence-corrected chi connectivity index (χ2v) is 4.03. The van der Waals surface area contributed by atoms with Crippen molar-refractivity contribution in [2.45, 2.75) is 19.4 Å². The first-order chi connectivity index (χ1) is 7.44. The monoisotopic (exact) mass is 225 g/mol. The predicted octanol–water partition coefficient (Wildman–Crippen LogP) is 2.01. The highest BCUT2D eigenvalue weighted by molar-refractivity contribution is 6.03. The van der Waals surface area contributed by atoms with Crippen molar-refractivity contribution >= 4 is 5.78 Å². The zero-order chi connectivity index (χ0) is 12.3. The Morgan fingerprint density at radius 2 is 2.06 bits per heavy atom. The molecular weight excluding hydrogens is 209 g/mol. The van der Waals surface area contributed by atoms with Gasteiger partial charge in [-0.25, -0.2) is 4.39 Å². The Hall–Kier alpha value is -1.42. The second kappa shape index (κ2) is 4.61. The van der Waals surface area contributed by atoms with Gasteiger partial charge in [0.15, 0.2) is 17.3 Å². The van der Waals surface area contributed by atoms with Gasteiger partial charge in [0.1, 0.15) is 0 Å². The number of ether oxygens (including phenoxy) is 1. The van der Waals surface area contributed by atoms with E-state index in [9.17, 15) is 9.18 Å². The number of hydrogen-bond acceptors (Lipinski definition) is 3. The average molecular weight is 225 g/mol. The van der Waals surface area contributed by atoms with Gasteiger partial charge in [-0.05, 0) is 33.0 Å². The lowest BCUT2D eigenvalue weighted by atomic mass is 9.93. The Labute approximate surface area is 94.6 Å². The summed E-state index contributed by atoms with van der Waals surface area (Å²) in [5, 5.41) is 2.85. The first-order valence-electron chi connectivity index (χ1n) is 5.00. The van der Waals surface area contributed by atoms with Gasteiger partial charge in [-0.3, -0.25) is 4.79 Å². The van der Waals surface area contributed by atoms with Gasteiger partial charge >= 0.3 is 0 Å². The molecule has 3 nitrogen and oxygen atoms in total. The lowest BCUT2D eigenvalue weighted by Crippen LogP contribution is -2.44. The number of hydrogen-bond donors (Lipinski definition) is 1. The van der Waals surface area contributed by atoms with Gasteiger partial charge in [0.05, 0.1) is 18.2 Å². The third-order valence-corrected chi connectivity index (χ3v) is 2.62. The van der Waals surface area contributed by atoms with Crippen molar-refractivity contribution in [1.29, 1.82) is 0 Å². The van der Waals surface area contributed by atoms with E-state index in [1.165, 1.54) is 19.2 Å². The number of ketones is 1. The van der Waals surface area contributed by atoms with E-state index in [0.717, 1.165) is 0 Å². The Morgan fingerprint density at radius 1 is 1.44 bits per heavy atom. The predicted molar refractivity (Wildman–Crippen MR) is 60.4 cm³/mol. The minimum Gasteiger partial charge on any atom is -0.494 e. The Balaban J connectivity index is 3.19. The molecule has 0 unspecified atom stereocenters. The topological polar surface area (TPSA) is 38.3 Å². The third kappa shape index (κ3) is 2.22. The minimum absolute atomic E-state index is 0.0405. The number of rotatable bonds is 4. The molecule has 0 aliphatic rings. The van der Waals surface area contributed by atoms with Crippen molar-refractivity contribution in [2.24, 2.45) is 0 Å². The maximum atomic E-state index is 13.8. The Kier molecular flexibility index (Phi) is 3.65. The molecular formula is C12H16FNO2. The molecule has 1 rings (SSSR count). The van der Waals surface area contributed by atoms with Crippen molar-refractivity contribution < 1.29 is 13.9 Å². The zero-order valence-electron chi connectivity index (χ0n) is 9.93. The van der Waals surface area contributed by atoms with Gasteiger partial charge < -0.3 is 10.1 Å². The van der Waals surface area contributed by atoms with Crippen LogP contribution in [0.15, 0.2) is 18.2 Å². The van der Waals surface area contributed by atoms with Gasteiger partial charge in [0, 0.05) is 0 Å². The van der Waals surface area contributed by atoms with Crippen molar-refractivity contribution in [3.05, 3.63) is 29.6 Å². The molecule has 0 spiro atoms. The molecule has 0 saturated heterocycles. The van der Waals surface area contributed by atoms with Crippen LogP contribution >= 0.6 is 0 Å². The van der Waals surface area contributed by atoms with E-state index in [0.29, 0.717) is 0 Å². The fraction of sp³-hybridized carbons (Fsp3) is 0.417. The van der Waals surface area contributed by atoms with E-state index in [-0.39, 0.29) is 17.1 Å². The second-order valence-electron chi connectivity index (χ2n) is 4.03. The van der Waals surface area contributed by atoms with Crippen molar-refractivity contribution in [1.82, 2.24) is 5.32 Å². The summed E-state index contributed by atoms with van der Waals surface area (Å²) in [5.41, 5.74) is -0.758. The molecule has 0 aromatic heterocycles. The van der Waals surface area contributed by atoms with Gasteiger partial charge in [0.2, 0.25) is 0 Å². The molecule has 0 fully saturated rings. The molecule has 16 heavy (non-hydrogen) atoms. The fourth-order valence-electron chi connectivity index (χ4n) is 1.29. The average Bonchev–Trinajstić information content (AvgIpc) is 2.28. The maximum absolute atomic E-state index is 13.8. The number of carbonyl (C=O) groups excluding carboxylic acids is 1. The van der Waals surface area contributed by atoms with Gasteiger partial charge in [-0.15, -0.1) is 0 Å². The highest BCUT2D eigenvalue weighted by Crippen LogP contribution is 2.23. The van der Waals surface area contributed by atoms with Gasteiger partial charge in [-0.2, -0.15) is 0 Å². The summed E-state index contributed by atoms with van der Waals surface area (Å²) in [6.07, 6.45) is 0. The van der Waals surface area contributed by atoms with Crippen LogP contribution in [0.1, 0.15) is 24.2 Å². The SMILES string of the molecule is CNC(C)(C)C(=O)c1cccc(OC)c1F. The van der Waals surface area contributed by atoms with E-state index >= 15 is 0 Å². The lowest BCUT2D eigenvalue weighted by Gasteiger charge is -2.22. The van der Waals surface area contributed by atoms with Crippen LogP contribution in [-0.4, -0.2) is 25.5 Å². The Bertz CT molecular complexity index is 402. The van der Waals surface area contributed by atoms with Crippen LogP contribution in [0.4, 0.5) is 4.39 Å². The fourth-order valence-corrected chi connectivity index (χ4v) is 1.29. The standard InChI is InChI=1S/C12H16FNO2/c1-12(2,14-3)11(15)8-6-5-7-9(16-4)10(8)13/h5-7,14H,1-4H3. The molecule has 1 N–H and O–H groups in total. The lowest BCUT2D eigenvalue weighted by molar-refractivity contribution is 0.0884. The number of carbonyl (C=O) groups is 1. The summed E-state index contributed by atoms with van der Waals surface area (Å²) in [4.78, 5) is 12.0. The molecule has 0 amide bonds. The normalized spacial score (nSPS) is 11.3. The quantitative estimate of drug-likeness (QED) is 0.797. The number of nitrogens with one attached hydrogen (secondary N) is 1. The molecule has 0 aliphatic carbocycles. The van der Waals surface area contributed by atoms with E-state index in [4.69, 9.17) is 4.74 Å². The summed E-state index contributed by atoms with van der Waals surface area (Å²) >= 11 is 0. The summed E-state index contributed by atoms with van der Waals surface area (Å²) in [6.45, 7) is 3.41. The van der Waals surface area contributed by atoms with E-state index in [1.807, 2.05) is 0 Å². The molecule has 0 saturated carbocycles. The van der Waals surface area contributed by atoms with Crippen LogP contribution in [-0.2, 0) is 0 Å². The number of methoxy groups -OCH3 is 1. The summed E-state index contributed by atoms with van der Waals surface area (Å²) in [6, 6.07) is 4.54. The van der Waals surface area contributed by atoms with Gasteiger partial charge in [-0.1, -0.05) is 6.07 Å². The van der Waals surface area contributed by atoms with Crippen LogP contribution in [0.3, 0.4) is 0 Å². The van der Waals surface area contributed by atoms with Crippen LogP contribution in [0, 0.1) is 5.82 Å². The van der Waals surface area contributed by atoms with E-state index < -0.39 is 11.4 Å². The molecule has 1 aromatic rings. The molecule has 88 valence electrons. The van der Waals surface area contributed by atoms with Crippen molar-refractivity contribution in [3.8, 4) is 5.75 Å². The summed E-state index contributed by atoms with van der Waals surface area (Å²) in [5.74, 6) is -0.831. The number of halogens is 1. The van der Waals surface area contributed by atoms with Crippen LogP contribution in [0.5, 0.6) is 5.75 Å². The summed E-state index contributed by atoms with van der Waals surface area (Å²) < 4.78 is 18.7. The first-order valence-corrected chi connectivity index (χ1v) is 5.00. The first kappa shape index (κ1) is 12.6. The highest BCUT2D eigenvalue weighted by Gasteiger charge is 2.29. The molecule has 4 heteroatoms. The molecule has 1 aromatic carbocycles. The van der Waals surface area contributed by atoms with Crippen LogP contribution in [0.2, 0.25) is 0 Å². The number of benzene rings is 1. The highest BCUT2D eigenvalue weighted by atomic mass is 19.1. The van der Waals surface area contributed by atoms with Gasteiger partial charge in [0.25, 0.3) is 0 Å². The van der Waals surface area contributed by atoms with E-state index in [2.05, 4.69) is 5.32 Å².